The average Bonchev–Trinajstić information content (AvgIpc) is 2.73. The smallest absolute Gasteiger partial charge is 0.290 e. The minimum atomic E-state index is -1.07. The van der Waals surface area contributed by atoms with Crippen LogP contribution < -0.4 is 0 Å². The normalized spacial score (nSPS) is 11.4. The van der Waals surface area contributed by atoms with Crippen LogP contribution in [-0.4, -0.2) is 18.2 Å². The summed E-state index contributed by atoms with van der Waals surface area (Å²) in [4.78, 5) is 44.3. The Labute approximate surface area is 178 Å². The Hall–Kier alpha value is -2.70. The fourth-order valence-corrected chi connectivity index (χ4v) is 2.52. The molecule has 0 amide bonds. The Bertz CT molecular complexity index is 754. The summed E-state index contributed by atoms with van der Waals surface area (Å²) in [6.45, 7) is 11.8. The second-order valence-corrected chi connectivity index (χ2v) is 8.10. The molecule has 6 heteroatoms. The lowest BCUT2D eigenvalue weighted by Crippen LogP contribution is -2.26. The van der Waals surface area contributed by atoms with Crippen molar-refractivity contribution in [3.63, 3.8) is 0 Å². The van der Waals surface area contributed by atoms with Gasteiger partial charge in [-0.25, -0.2) is 9.59 Å². The van der Waals surface area contributed by atoms with E-state index in [0.29, 0.717) is 23.0 Å². The maximum absolute atomic E-state index is 12.2. The molecule has 0 saturated carbocycles. The van der Waals surface area contributed by atoms with E-state index in [9.17, 15) is 9.59 Å². The zero-order valence-electron chi connectivity index (χ0n) is 18.4. The molecule has 0 atom stereocenters. The van der Waals surface area contributed by atoms with Gasteiger partial charge in [-0.3, -0.25) is 9.78 Å². The van der Waals surface area contributed by atoms with E-state index in [4.69, 9.17) is 19.6 Å². The zero-order valence-corrected chi connectivity index (χ0v) is 18.4. The Morgan fingerprint density at radius 1 is 0.600 bits per heavy atom. The molecule has 0 spiro atoms. The number of hydrogen-bond donors (Lipinski definition) is 0. The third-order valence-corrected chi connectivity index (χ3v) is 4.61. The highest BCUT2D eigenvalue weighted by atomic mass is 17.3. The number of rotatable bonds is 9. The van der Waals surface area contributed by atoms with Crippen LogP contribution in [0.15, 0.2) is 48.5 Å². The molecule has 2 rings (SSSR count). The van der Waals surface area contributed by atoms with Crippen molar-refractivity contribution >= 4 is 11.9 Å². The number of carbonyl (C=O) groups is 2. The number of benzene rings is 2. The van der Waals surface area contributed by atoms with Crippen LogP contribution in [0.2, 0.25) is 0 Å². The molecular weight excluding hydrogens is 384 g/mol. The predicted molar refractivity (Wildman–Crippen MR) is 113 cm³/mol. The first-order chi connectivity index (χ1) is 14.2. The molecule has 2 aromatic carbocycles. The first-order valence-corrected chi connectivity index (χ1v) is 10.1. The van der Waals surface area contributed by atoms with Gasteiger partial charge in [0, 0.05) is 5.92 Å². The van der Waals surface area contributed by atoms with Gasteiger partial charge in [-0.15, -0.1) is 9.78 Å². The Kier molecular flexibility index (Phi) is 8.57. The summed E-state index contributed by atoms with van der Waals surface area (Å²) in [6.07, 6.45) is -1.07. The van der Waals surface area contributed by atoms with Crippen molar-refractivity contribution in [1.82, 2.24) is 0 Å². The highest BCUT2D eigenvalue weighted by molar-refractivity contribution is 5.89. The third-order valence-electron chi connectivity index (χ3n) is 4.61. The molecule has 2 aromatic rings. The minimum absolute atomic E-state index is 0.239. The molecule has 0 aliphatic heterocycles. The van der Waals surface area contributed by atoms with E-state index in [1.165, 1.54) is 0 Å². The number of hydrogen-bond acceptors (Lipinski definition) is 6. The Balaban J connectivity index is 1.89. The molecule has 0 heterocycles. The number of carbonyl (C=O) groups excluding carboxylic acids is 2. The van der Waals surface area contributed by atoms with Gasteiger partial charge >= 0.3 is 11.9 Å². The van der Waals surface area contributed by atoms with E-state index in [2.05, 4.69) is 27.7 Å². The van der Waals surface area contributed by atoms with Gasteiger partial charge < -0.3 is 0 Å². The van der Waals surface area contributed by atoms with Crippen LogP contribution in [0.25, 0.3) is 0 Å². The van der Waals surface area contributed by atoms with Gasteiger partial charge in [0.15, 0.2) is 0 Å². The minimum Gasteiger partial charge on any atom is -0.290 e. The first kappa shape index (κ1) is 23.6. The Morgan fingerprint density at radius 2 is 0.933 bits per heavy atom. The maximum Gasteiger partial charge on any atom is 0.373 e. The molecule has 0 unspecified atom stereocenters. The summed E-state index contributed by atoms with van der Waals surface area (Å²) in [7, 11) is 0. The molecule has 0 aromatic heterocycles. The van der Waals surface area contributed by atoms with Crippen molar-refractivity contribution in [2.45, 2.75) is 59.7 Å². The van der Waals surface area contributed by atoms with Gasteiger partial charge in [-0.2, -0.15) is 0 Å². The predicted octanol–water partition coefficient (Wildman–Crippen LogP) is 5.79. The van der Waals surface area contributed by atoms with Crippen molar-refractivity contribution < 1.29 is 29.1 Å². The van der Waals surface area contributed by atoms with Crippen molar-refractivity contribution in [3.8, 4) is 0 Å². The van der Waals surface area contributed by atoms with E-state index >= 15 is 0 Å². The lowest BCUT2D eigenvalue weighted by atomic mass is 10.0. The quantitative estimate of drug-likeness (QED) is 0.294. The van der Waals surface area contributed by atoms with Gasteiger partial charge in [0.05, 0.1) is 11.1 Å². The average molecular weight is 414 g/mol. The summed E-state index contributed by atoms with van der Waals surface area (Å²) in [5, 5.41) is 0. The van der Waals surface area contributed by atoms with Gasteiger partial charge in [0.25, 0.3) is 0 Å². The molecule has 0 saturated heterocycles. The summed E-state index contributed by atoms with van der Waals surface area (Å²) in [5.41, 5.74) is 2.93. The van der Waals surface area contributed by atoms with Crippen LogP contribution in [0.1, 0.15) is 85.2 Å². The van der Waals surface area contributed by atoms with Crippen LogP contribution in [0.4, 0.5) is 0 Å². The van der Waals surface area contributed by atoms with E-state index in [1.807, 2.05) is 24.3 Å². The second kappa shape index (κ2) is 10.9. The van der Waals surface area contributed by atoms with Crippen LogP contribution >= 0.6 is 0 Å². The summed E-state index contributed by atoms with van der Waals surface area (Å²) in [5.74, 6) is -0.829. The molecule has 0 aliphatic carbocycles. The molecule has 30 heavy (non-hydrogen) atoms. The van der Waals surface area contributed by atoms with E-state index < -0.39 is 18.2 Å². The SMILES string of the molecule is CC(C)c1ccc(C(=O)OOC(OOC(=O)c2ccc(C(C)C)cc2)C(C)C)cc1. The highest BCUT2D eigenvalue weighted by Crippen LogP contribution is 2.18. The topological polar surface area (TPSA) is 71.1 Å². The molecule has 0 fully saturated rings. The summed E-state index contributed by atoms with van der Waals surface area (Å²) >= 11 is 0. The van der Waals surface area contributed by atoms with Crippen LogP contribution in [0.3, 0.4) is 0 Å². The van der Waals surface area contributed by atoms with Gasteiger partial charge in [-0.1, -0.05) is 65.8 Å². The molecule has 0 N–H and O–H groups in total. The molecule has 0 bridgehead atoms. The van der Waals surface area contributed by atoms with Crippen molar-refractivity contribution in [2.75, 3.05) is 0 Å². The molecular formula is C24H30O6. The van der Waals surface area contributed by atoms with Crippen LogP contribution in [0, 0.1) is 5.92 Å². The molecule has 0 aliphatic rings. The molecule has 162 valence electrons. The monoisotopic (exact) mass is 414 g/mol. The zero-order chi connectivity index (χ0) is 22.3. The third kappa shape index (κ3) is 6.68. The van der Waals surface area contributed by atoms with Gasteiger partial charge in [-0.05, 0) is 47.2 Å². The van der Waals surface area contributed by atoms with Crippen LogP contribution in [0.5, 0.6) is 0 Å². The highest BCUT2D eigenvalue weighted by Gasteiger charge is 2.23. The Morgan fingerprint density at radius 3 is 1.20 bits per heavy atom. The van der Waals surface area contributed by atoms with Crippen LogP contribution in [-0.2, 0) is 19.6 Å². The van der Waals surface area contributed by atoms with Crippen molar-refractivity contribution in [1.29, 1.82) is 0 Å². The fourth-order valence-electron chi connectivity index (χ4n) is 2.52. The van der Waals surface area contributed by atoms with Crippen molar-refractivity contribution in [3.05, 3.63) is 70.8 Å². The van der Waals surface area contributed by atoms with E-state index in [1.54, 1.807) is 38.1 Å². The van der Waals surface area contributed by atoms with Gasteiger partial charge in [0.1, 0.15) is 0 Å². The second-order valence-electron chi connectivity index (χ2n) is 8.10. The molecule has 0 radical (unpaired) electrons. The van der Waals surface area contributed by atoms with Gasteiger partial charge in [0.2, 0.25) is 6.29 Å². The standard InChI is InChI=1S/C24H30O6/c1-15(2)18-7-11-20(12-8-18)22(25)27-29-24(17(5)6)30-28-23(26)21-13-9-19(10-14-21)16(3)4/h7-17,24H,1-6H3. The summed E-state index contributed by atoms with van der Waals surface area (Å²) < 4.78 is 0. The lowest BCUT2D eigenvalue weighted by Gasteiger charge is -2.18. The fraction of sp³-hybridized carbons (Fsp3) is 0.417. The van der Waals surface area contributed by atoms with E-state index in [0.717, 1.165) is 11.1 Å². The van der Waals surface area contributed by atoms with E-state index in [-0.39, 0.29) is 5.92 Å². The summed E-state index contributed by atoms with van der Waals surface area (Å²) in [6, 6.07) is 14.2. The lowest BCUT2D eigenvalue weighted by molar-refractivity contribution is -0.430. The maximum atomic E-state index is 12.2. The largest absolute Gasteiger partial charge is 0.373 e. The first-order valence-electron chi connectivity index (χ1n) is 10.1. The van der Waals surface area contributed by atoms with Crippen molar-refractivity contribution in [2.24, 2.45) is 5.92 Å². The molecule has 6 nitrogen and oxygen atoms in total.